The summed E-state index contributed by atoms with van der Waals surface area (Å²) in [6.45, 7) is 1.74. The summed E-state index contributed by atoms with van der Waals surface area (Å²) in [4.78, 5) is 52.0. The van der Waals surface area contributed by atoms with Gasteiger partial charge < -0.3 is 125 Å². The molecular weight excluding hydrogens is 1330 g/mol. The number of unbranched alkanes of at least 4 members (excludes halogenated alkanes) is 28. The molecule has 23 atom stereocenters. The summed E-state index contributed by atoms with van der Waals surface area (Å²) in [5.41, 5.74) is 0. The lowest BCUT2D eigenvalue weighted by atomic mass is 9.88. The van der Waals surface area contributed by atoms with Gasteiger partial charge in [0.05, 0.1) is 57.3 Å². The van der Waals surface area contributed by atoms with Crippen molar-refractivity contribution in [1.82, 2.24) is 16.0 Å². The first-order valence-electron chi connectivity index (χ1n) is 38.2. The van der Waals surface area contributed by atoms with E-state index < -0.39 is 198 Å². The Morgan fingerprint density at radius 1 is 0.510 bits per heavy atom. The minimum atomic E-state index is -3.28. The smallest absolute Gasteiger partial charge is 0.364 e. The molecule has 4 saturated heterocycles. The molecule has 102 heavy (non-hydrogen) atoms. The highest BCUT2D eigenvalue weighted by Gasteiger charge is 2.62. The number of aliphatic hydroxyl groups is 13. The van der Waals surface area contributed by atoms with Crippen LogP contribution in [0.4, 0.5) is 0 Å². The second-order valence-corrected chi connectivity index (χ2v) is 28.2. The Kier molecular flexibility index (Phi) is 45.4. The number of carboxylic acids is 1. The number of nitrogens with one attached hydrogen (secondary N) is 3. The highest BCUT2D eigenvalue weighted by molar-refractivity contribution is 5.77. The van der Waals surface area contributed by atoms with Crippen LogP contribution in [0.25, 0.3) is 0 Å². The predicted octanol–water partition coefficient (Wildman–Crippen LogP) is 3.25. The van der Waals surface area contributed by atoms with E-state index in [1.54, 1.807) is 6.08 Å². The highest BCUT2D eigenvalue weighted by Crippen LogP contribution is 2.40. The SMILES string of the molecule is CCCCCCCCC=CCCCCCCCCCCCCCC(=O)NC(COC1OC(CO)C(OC2OC(CO)C(OC3OC(CO)C(O)C(O)C3NC(C)=O)C(OC3(C(=O)O)CC(O)C(NC(C)=O)C(C(O)C(O)CO)O3)C2O)C(O)C1O)C(O)C=CCCCCCCCCCCCCC. The van der Waals surface area contributed by atoms with Crippen molar-refractivity contribution in [1.29, 1.82) is 0 Å². The van der Waals surface area contributed by atoms with Crippen molar-refractivity contribution < 1.29 is 129 Å². The van der Waals surface area contributed by atoms with Crippen LogP contribution in [0, 0.1) is 0 Å². The first-order chi connectivity index (χ1) is 49.0. The first-order valence-corrected chi connectivity index (χ1v) is 38.2. The van der Waals surface area contributed by atoms with Gasteiger partial charge in [-0.15, -0.1) is 0 Å². The average Bonchev–Trinajstić information content (AvgIpc) is 0.751. The largest absolute Gasteiger partial charge is 0.477 e. The number of carbonyl (C=O) groups is 4. The summed E-state index contributed by atoms with van der Waals surface area (Å²) in [7, 11) is 0. The summed E-state index contributed by atoms with van der Waals surface area (Å²) in [6.07, 6.45) is 4.82. The second-order valence-electron chi connectivity index (χ2n) is 28.2. The van der Waals surface area contributed by atoms with E-state index >= 15 is 0 Å². The topological polar surface area (TPSA) is 461 Å². The molecule has 0 aliphatic carbocycles. The van der Waals surface area contributed by atoms with Crippen molar-refractivity contribution in [2.24, 2.45) is 0 Å². The molecule has 0 radical (unpaired) electrons. The quantitative estimate of drug-likeness (QED) is 0.0307. The Balaban J connectivity index is 1.48. The molecule has 594 valence electrons. The lowest BCUT2D eigenvalue weighted by Gasteiger charge is -2.52. The number of carboxylic acid groups (broad SMARTS) is 1. The molecule has 0 bridgehead atoms. The zero-order chi connectivity index (χ0) is 75.0. The van der Waals surface area contributed by atoms with E-state index in [2.05, 4.69) is 41.9 Å². The Labute approximate surface area is 603 Å². The Hall–Kier alpha value is -3.48. The number of aliphatic carboxylic acids is 1. The van der Waals surface area contributed by atoms with E-state index in [1.807, 2.05) is 6.08 Å². The van der Waals surface area contributed by atoms with Crippen LogP contribution in [0.15, 0.2) is 24.3 Å². The minimum Gasteiger partial charge on any atom is -0.477 e. The van der Waals surface area contributed by atoms with Crippen molar-refractivity contribution >= 4 is 23.7 Å². The van der Waals surface area contributed by atoms with E-state index in [0.29, 0.717) is 12.8 Å². The number of hydrogen-bond acceptors (Lipinski definition) is 25. The first kappa shape index (κ1) is 90.9. The zero-order valence-electron chi connectivity index (χ0n) is 61.0. The number of amides is 3. The van der Waals surface area contributed by atoms with E-state index in [0.717, 1.165) is 71.6 Å². The van der Waals surface area contributed by atoms with Crippen LogP contribution in [0.3, 0.4) is 0 Å². The van der Waals surface area contributed by atoms with E-state index in [4.69, 9.17) is 37.9 Å². The van der Waals surface area contributed by atoms with Gasteiger partial charge in [-0.05, 0) is 44.9 Å². The van der Waals surface area contributed by atoms with Crippen LogP contribution in [-0.2, 0) is 57.1 Å². The van der Waals surface area contributed by atoms with Gasteiger partial charge in [-0.25, -0.2) is 4.79 Å². The molecule has 0 spiro atoms. The number of rotatable bonds is 54. The molecule has 0 saturated carbocycles. The molecule has 4 heterocycles. The monoisotopic (exact) mass is 1470 g/mol. The van der Waals surface area contributed by atoms with Crippen LogP contribution in [0.5, 0.6) is 0 Å². The van der Waals surface area contributed by atoms with Gasteiger partial charge in [0.25, 0.3) is 5.79 Å². The third-order valence-corrected chi connectivity index (χ3v) is 19.6. The fraction of sp³-hybridized carbons (Fsp3) is 0.890. The van der Waals surface area contributed by atoms with Gasteiger partial charge in [0.1, 0.15) is 91.5 Å². The standard InChI is InChI=1S/C73H131N3O26/c1-5-7-9-11-13-15-17-19-20-21-22-23-24-25-26-28-30-32-34-36-38-40-56(86)76-49(50(83)39-37-35-33-31-29-27-18-16-14-12-10-8-6-2)46-95-70-63(91)62(90)65(54(44-79)97-70)99-71-64(92)68(66(55(45-80)98-71)100-69-58(75-48(4)82)61(89)60(88)53(43-78)96-69)102-73(72(93)94)41-51(84)57(74-47(3)81)67(101-73)59(87)52(85)42-77/h19-20,37,39,49-55,57-71,77-80,83-85,87-92H,5-18,21-36,38,40-46H2,1-4H3,(H,74,81)(H,75,82)(H,76,86)(H,93,94). The highest BCUT2D eigenvalue weighted by atomic mass is 16.8. The lowest BCUT2D eigenvalue weighted by molar-refractivity contribution is -0.401. The summed E-state index contributed by atoms with van der Waals surface area (Å²) in [5, 5.41) is 163. The van der Waals surface area contributed by atoms with Gasteiger partial charge in [-0.3, -0.25) is 14.4 Å². The Morgan fingerprint density at radius 2 is 0.961 bits per heavy atom. The van der Waals surface area contributed by atoms with Crippen molar-refractivity contribution in [3.05, 3.63) is 24.3 Å². The van der Waals surface area contributed by atoms with Crippen LogP contribution in [0.2, 0.25) is 0 Å². The molecule has 0 aromatic carbocycles. The zero-order valence-corrected chi connectivity index (χ0v) is 61.0. The third kappa shape index (κ3) is 31.0. The van der Waals surface area contributed by atoms with Gasteiger partial charge >= 0.3 is 5.97 Å². The van der Waals surface area contributed by atoms with Crippen LogP contribution in [-0.4, -0.2) is 269 Å². The summed E-state index contributed by atoms with van der Waals surface area (Å²) >= 11 is 0. The fourth-order valence-corrected chi connectivity index (χ4v) is 13.6. The summed E-state index contributed by atoms with van der Waals surface area (Å²) in [5.74, 6) is -7.37. The van der Waals surface area contributed by atoms with E-state index in [9.17, 15) is 90.7 Å². The number of allylic oxidation sites excluding steroid dienone is 3. The number of hydrogen-bond donors (Lipinski definition) is 17. The number of aliphatic hydroxyl groups excluding tert-OH is 13. The lowest BCUT2D eigenvalue weighted by Crippen LogP contribution is -2.72. The van der Waals surface area contributed by atoms with Gasteiger partial charge in [-0.2, -0.15) is 0 Å². The Morgan fingerprint density at radius 3 is 1.45 bits per heavy atom. The van der Waals surface area contributed by atoms with Gasteiger partial charge in [0, 0.05) is 26.7 Å². The molecule has 4 rings (SSSR count). The minimum absolute atomic E-state index is 0.158. The maximum atomic E-state index is 13.6. The van der Waals surface area contributed by atoms with E-state index in [-0.39, 0.29) is 12.3 Å². The van der Waals surface area contributed by atoms with Gasteiger partial charge in [0.2, 0.25) is 17.7 Å². The van der Waals surface area contributed by atoms with Crippen LogP contribution < -0.4 is 16.0 Å². The van der Waals surface area contributed by atoms with Gasteiger partial charge in [0.15, 0.2) is 18.9 Å². The maximum Gasteiger partial charge on any atom is 0.364 e. The van der Waals surface area contributed by atoms with Gasteiger partial charge in [-0.1, -0.05) is 192 Å². The molecular formula is C73H131N3O26. The molecule has 29 heteroatoms. The number of ether oxygens (including phenoxy) is 8. The molecule has 23 unspecified atom stereocenters. The molecule has 4 aliphatic rings. The Bertz CT molecular complexity index is 2330. The van der Waals surface area contributed by atoms with Crippen molar-refractivity contribution in [3.63, 3.8) is 0 Å². The normalized spacial score (nSPS) is 31.2. The summed E-state index contributed by atoms with van der Waals surface area (Å²) in [6, 6.07) is -4.53. The fourth-order valence-electron chi connectivity index (χ4n) is 13.6. The van der Waals surface area contributed by atoms with Crippen molar-refractivity contribution in [2.45, 2.75) is 380 Å². The second kappa shape index (κ2) is 51.0. The molecule has 0 aromatic heterocycles. The number of carbonyl (C=O) groups excluding carboxylic acids is 3. The molecule has 17 N–H and O–H groups in total. The summed E-state index contributed by atoms with van der Waals surface area (Å²) < 4.78 is 48.0. The third-order valence-electron chi connectivity index (χ3n) is 19.6. The van der Waals surface area contributed by atoms with Crippen LogP contribution >= 0.6 is 0 Å². The molecule has 4 fully saturated rings. The molecule has 4 aliphatic heterocycles. The predicted molar refractivity (Wildman–Crippen MR) is 373 cm³/mol. The average molecular weight is 1470 g/mol. The molecule has 0 aromatic rings. The molecule has 3 amide bonds. The van der Waals surface area contributed by atoms with Crippen LogP contribution in [0.1, 0.15) is 240 Å². The van der Waals surface area contributed by atoms with Crippen molar-refractivity contribution in [3.8, 4) is 0 Å². The van der Waals surface area contributed by atoms with Crippen molar-refractivity contribution in [2.75, 3.05) is 33.0 Å². The molecule has 29 nitrogen and oxygen atoms in total. The maximum absolute atomic E-state index is 13.6. The van der Waals surface area contributed by atoms with E-state index in [1.165, 1.54) is 128 Å².